The predicted octanol–water partition coefficient (Wildman–Crippen LogP) is 2.01. The molecule has 1 saturated heterocycles. The topological polar surface area (TPSA) is 36.9 Å². The molecule has 0 aromatic rings. The van der Waals surface area contributed by atoms with Gasteiger partial charge in [0.25, 0.3) is 0 Å². The second-order valence-electron chi connectivity index (χ2n) is 6.28. The van der Waals surface area contributed by atoms with Crippen LogP contribution in [-0.2, 0) is 4.74 Å². The van der Waals surface area contributed by atoms with Crippen molar-refractivity contribution < 1.29 is 4.74 Å². The molecule has 108 valence electrons. The van der Waals surface area contributed by atoms with Gasteiger partial charge in [0.2, 0.25) is 0 Å². The molecule has 19 heavy (non-hydrogen) atoms. The highest BCUT2D eigenvalue weighted by molar-refractivity contribution is 5.80. The monoisotopic (exact) mass is 265 g/mol. The molecule has 4 heteroatoms. The van der Waals surface area contributed by atoms with Crippen LogP contribution in [0.4, 0.5) is 0 Å². The molecule has 0 spiro atoms. The molecule has 0 radical (unpaired) electrons. The number of hydrogen-bond acceptors (Lipinski definition) is 2. The standard InChI is InChI=1S/C15H27N3O/c1-16-15(17-13-3-2-4-13)18-9-7-14(8-10-18)19-11-12-5-6-12/h12-14H,2-11H2,1H3,(H,16,17). The first-order valence-electron chi connectivity index (χ1n) is 7.95. The summed E-state index contributed by atoms with van der Waals surface area (Å²) in [6.45, 7) is 3.17. The molecule has 1 heterocycles. The Labute approximate surface area is 116 Å². The molecule has 0 bridgehead atoms. The van der Waals surface area contributed by atoms with Crippen molar-refractivity contribution in [3.05, 3.63) is 0 Å². The van der Waals surface area contributed by atoms with Gasteiger partial charge >= 0.3 is 0 Å². The minimum absolute atomic E-state index is 0.485. The van der Waals surface area contributed by atoms with Gasteiger partial charge in [-0.05, 0) is 50.9 Å². The maximum absolute atomic E-state index is 6.00. The van der Waals surface area contributed by atoms with Gasteiger partial charge in [0.15, 0.2) is 5.96 Å². The molecule has 3 rings (SSSR count). The number of ether oxygens (including phenoxy) is 1. The summed E-state index contributed by atoms with van der Waals surface area (Å²) in [6.07, 6.45) is 9.54. The Kier molecular flexibility index (Phi) is 4.26. The highest BCUT2D eigenvalue weighted by atomic mass is 16.5. The van der Waals surface area contributed by atoms with Crippen molar-refractivity contribution in [3.63, 3.8) is 0 Å². The first kappa shape index (κ1) is 13.2. The summed E-state index contributed by atoms with van der Waals surface area (Å²) in [5, 5.41) is 3.58. The van der Waals surface area contributed by atoms with Crippen LogP contribution in [0.2, 0.25) is 0 Å². The molecule has 0 aromatic heterocycles. The van der Waals surface area contributed by atoms with Crippen molar-refractivity contribution in [3.8, 4) is 0 Å². The maximum atomic E-state index is 6.00. The molecule has 0 aromatic carbocycles. The van der Waals surface area contributed by atoms with Crippen LogP contribution in [-0.4, -0.2) is 49.7 Å². The number of guanidine groups is 1. The van der Waals surface area contributed by atoms with E-state index in [9.17, 15) is 0 Å². The normalized spacial score (nSPS) is 26.4. The lowest BCUT2D eigenvalue weighted by Crippen LogP contribution is -2.51. The third-order valence-electron chi connectivity index (χ3n) is 4.66. The van der Waals surface area contributed by atoms with Crippen LogP contribution in [0.15, 0.2) is 4.99 Å². The summed E-state index contributed by atoms with van der Waals surface area (Å²) in [5.41, 5.74) is 0. The third kappa shape index (κ3) is 3.62. The predicted molar refractivity (Wildman–Crippen MR) is 77.4 cm³/mol. The fourth-order valence-corrected chi connectivity index (χ4v) is 2.82. The average Bonchev–Trinajstić information content (AvgIpc) is 3.20. The lowest BCUT2D eigenvalue weighted by atomic mass is 9.93. The van der Waals surface area contributed by atoms with E-state index in [1.54, 1.807) is 0 Å². The average molecular weight is 265 g/mol. The molecule has 0 amide bonds. The molecule has 1 aliphatic heterocycles. The van der Waals surface area contributed by atoms with Crippen LogP contribution in [0, 0.1) is 5.92 Å². The van der Waals surface area contributed by atoms with Gasteiger partial charge in [-0.1, -0.05) is 0 Å². The van der Waals surface area contributed by atoms with E-state index in [0.717, 1.165) is 44.4 Å². The number of likely N-dealkylation sites (tertiary alicyclic amines) is 1. The molecule has 2 aliphatic carbocycles. The molecule has 3 aliphatic rings. The van der Waals surface area contributed by atoms with E-state index < -0.39 is 0 Å². The van der Waals surface area contributed by atoms with Gasteiger partial charge in [-0.25, -0.2) is 0 Å². The zero-order chi connectivity index (χ0) is 13.1. The minimum atomic E-state index is 0.485. The highest BCUT2D eigenvalue weighted by Gasteiger charge is 2.27. The van der Waals surface area contributed by atoms with E-state index in [4.69, 9.17) is 4.74 Å². The van der Waals surface area contributed by atoms with Crippen LogP contribution < -0.4 is 5.32 Å². The van der Waals surface area contributed by atoms with Crippen molar-refractivity contribution in [1.82, 2.24) is 10.2 Å². The van der Waals surface area contributed by atoms with Crippen molar-refractivity contribution in [2.24, 2.45) is 10.9 Å². The van der Waals surface area contributed by atoms with Gasteiger partial charge < -0.3 is 15.0 Å². The zero-order valence-corrected chi connectivity index (χ0v) is 12.1. The molecule has 4 nitrogen and oxygen atoms in total. The first-order valence-corrected chi connectivity index (χ1v) is 7.95. The van der Waals surface area contributed by atoms with Gasteiger partial charge in [-0.3, -0.25) is 4.99 Å². The smallest absolute Gasteiger partial charge is 0.193 e. The van der Waals surface area contributed by atoms with E-state index in [0.29, 0.717) is 12.1 Å². The molecule has 3 fully saturated rings. The van der Waals surface area contributed by atoms with E-state index in [1.165, 1.54) is 32.1 Å². The Morgan fingerprint density at radius 1 is 1.16 bits per heavy atom. The van der Waals surface area contributed by atoms with Crippen molar-refractivity contribution in [2.45, 2.75) is 57.1 Å². The SMILES string of the molecule is CN=C(NC1CCC1)N1CCC(OCC2CC2)CC1. The van der Waals surface area contributed by atoms with Crippen LogP contribution in [0.25, 0.3) is 0 Å². The van der Waals surface area contributed by atoms with Crippen molar-refractivity contribution in [1.29, 1.82) is 0 Å². The number of piperidine rings is 1. The minimum Gasteiger partial charge on any atom is -0.378 e. The Morgan fingerprint density at radius 3 is 2.42 bits per heavy atom. The van der Waals surface area contributed by atoms with Gasteiger partial charge in [0.1, 0.15) is 0 Å². The molecule has 0 atom stereocenters. The third-order valence-corrected chi connectivity index (χ3v) is 4.66. The fourth-order valence-electron chi connectivity index (χ4n) is 2.82. The number of nitrogens with one attached hydrogen (secondary N) is 1. The summed E-state index contributed by atoms with van der Waals surface area (Å²) in [6, 6.07) is 0.669. The lowest BCUT2D eigenvalue weighted by Gasteiger charge is -2.37. The molecule has 0 unspecified atom stereocenters. The highest BCUT2D eigenvalue weighted by Crippen LogP contribution is 2.30. The fraction of sp³-hybridized carbons (Fsp3) is 0.933. The largest absolute Gasteiger partial charge is 0.378 e. The zero-order valence-electron chi connectivity index (χ0n) is 12.1. The van der Waals surface area contributed by atoms with Crippen LogP contribution in [0.3, 0.4) is 0 Å². The molecule has 1 N–H and O–H groups in total. The Bertz CT molecular complexity index is 315. The quantitative estimate of drug-likeness (QED) is 0.624. The summed E-state index contributed by atoms with van der Waals surface area (Å²) in [7, 11) is 1.90. The molecular formula is C15H27N3O. The number of nitrogens with zero attached hydrogens (tertiary/aromatic N) is 2. The molecular weight excluding hydrogens is 238 g/mol. The Morgan fingerprint density at radius 2 is 1.89 bits per heavy atom. The second kappa shape index (κ2) is 6.12. The van der Waals surface area contributed by atoms with Crippen LogP contribution >= 0.6 is 0 Å². The number of aliphatic imine (C=N–C) groups is 1. The van der Waals surface area contributed by atoms with E-state index in [2.05, 4.69) is 15.2 Å². The summed E-state index contributed by atoms with van der Waals surface area (Å²) >= 11 is 0. The summed E-state index contributed by atoms with van der Waals surface area (Å²) in [4.78, 5) is 6.83. The van der Waals surface area contributed by atoms with Crippen molar-refractivity contribution >= 4 is 5.96 Å². The van der Waals surface area contributed by atoms with E-state index in [1.807, 2.05) is 7.05 Å². The Hall–Kier alpha value is -0.770. The van der Waals surface area contributed by atoms with Crippen LogP contribution in [0.5, 0.6) is 0 Å². The van der Waals surface area contributed by atoms with Gasteiger partial charge in [0, 0.05) is 32.8 Å². The van der Waals surface area contributed by atoms with Crippen molar-refractivity contribution in [2.75, 3.05) is 26.7 Å². The van der Waals surface area contributed by atoms with Gasteiger partial charge in [-0.15, -0.1) is 0 Å². The second-order valence-corrected chi connectivity index (χ2v) is 6.28. The van der Waals surface area contributed by atoms with Crippen LogP contribution in [0.1, 0.15) is 44.9 Å². The van der Waals surface area contributed by atoms with E-state index in [-0.39, 0.29) is 0 Å². The Balaban J connectivity index is 1.39. The summed E-state index contributed by atoms with van der Waals surface area (Å²) < 4.78 is 6.00. The first-order chi connectivity index (χ1) is 9.35. The van der Waals surface area contributed by atoms with Gasteiger partial charge in [0.05, 0.1) is 6.10 Å². The lowest BCUT2D eigenvalue weighted by molar-refractivity contribution is 0.0129. The maximum Gasteiger partial charge on any atom is 0.193 e. The number of hydrogen-bond donors (Lipinski definition) is 1. The van der Waals surface area contributed by atoms with E-state index >= 15 is 0 Å². The summed E-state index contributed by atoms with van der Waals surface area (Å²) in [5.74, 6) is 1.98. The number of rotatable bonds is 4. The van der Waals surface area contributed by atoms with Gasteiger partial charge in [-0.2, -0.15) is 0 Å². The molecule has 2 saturated carbocycles.